The number of benzene rings is 1. The molecule has 0 aliphatic heterocycles. The first kappa shape index (κ1) is 13.4. The van der Waals surface area contributed by atoms with E-state index in [0.29, 0.717) is 28.7 Å². The van der Waals surface area contributed by atoms with Crippen molar-refractivity contribution in [3.05, 3.63) is 41.2 Å². The molecule has 0 spiro atoms. The normalized spacial score (nSPS) is 10.3. The van der Waals surface area contributed by atoms with Gasteiger partial charge in [0.25, 0.3) is 5.91 Å². The molecule has 1 heterocycles. The van der Waals surface area contributed by atoms with Crippen molar-refractivity contribution in [1.29, 1.82) is 0 Å². The SMILES string of the molecule is CCn1ccc(C(=O)Nc2cc(Cl)ccc2OC)n1. The van der Waals surface area contributed by atoms with E-state index in [0.717, 1.165) is 0 Å². The fourth-order valence-electron chi connectivity index (χ4n) is 1.62. The van der Waals surface area contributed by atoms with Gasteiger partial charge in [-0.3, -0.25) is 9.48 Å². The average molecular weight is 280 g/mol. The summed E-state index contributed by atoms with van der Waals surface area (Å²) in [6, 6.07) is 6.69. The van der Waals surface area contributed by atoms with Gasteiger partial charge in [0.1, 0.15) is 5.75 Å². The number of hydrogen-bond acceptors (Lipinski definition) is 3. The molecule has 0 bridgehead atoms. The molecule has 0 unspecified atom stereocenters. The van der Waals surface area contributed by atoms with Gasteiger partial charge in [-0.15, -0.1) is 0 Å². The summed E-state index contributed by atoms with van der Waals surface area (Å²) in [6.07, 6.45) is 1.75. The molecule has 1 aromatic heterocycles. The number of rotatable bonds is 4. The maximum Gasteiger partial charge on any atom is 0.276 e. The van der Waals surface area contributed by atoms with Crippen LogP contribution in [-0.2, 0) is 6.54 Å². The van der Waals surface area contributed by atoms with Crippen molar-refractivity contribution in [3.63, 3.8) is 0 Å². The molecule has 0 fully saturated rings. The van der Waals surface area contributed by atoms with Crippen molar-refractivity contribution in [2.75, 3.05) is 12.4 Å². The number of aryl methyl sites for hydroxylation is 1. The standard InChI is InChI=1S/C13H14ClN3O2/c1-3-17-7-6-10(16-17)13(18)15-11-8-9(14)4-5-12(11)19-2/h4-8H,3H2,1-2H3,(H,15,18). The number of hydrogen-bond donors (Lipinski definition) is 1. The predicted molar refractivity (Wildman–Crippen MR) is 73.9 cm³/mol. The zero-order valence-electron chi connectivity index (χ0n) is 10.7. The van der Waals surface area contributed by atoms with Crippen LogP contribution in [-0.4, -0.2) is 22.8 Å². The van der Waals surface area contributed by atoms with Crippen LogP contribution in [0.1, 0.15) is 17.4 Å². The van der Waals surface area contributed by atoms with E-state index in [1.165, 1.54) is 7.11 Å². The highest BCUT2D eigenvalue weighted by atomic mass is 35.5. The first-order chi connectivity index (χ1) is 9.13. The number of nitrogens with zero attached hydrogens (tertiary/aromatic N) is 2. The smallest absolute Gasteiger partial charge is 0.276 e. The van der Waals surface area contributed by atoms with Crippen LogP contribution in [0.3, 0.4) is 0 Å². The lowest BCUT2D eigenvalue weighted by Crippen LogP contribution is -2.14. The lowest BCUT2D eigenvalue weighted by atomic mass is 10.2. The molecule has 6 heteroatoms. The molecule has 0 atom stereocenters. The summed E-state index contributed by atoms with van der Waals surface area (Å²) < 4.78 is 6.85. The van der Waals surface area contributed by atoms with Crippen LogP contribution in [0.4, 0.5) is 5.69 Å². The predicted octanol–water partition coefficient (Wildman–Crippen LogP) is 2.82. The van der Waals surface area contributed by atoms with Gasteiger partial charge in [-0.1, -0.05) is 11.6 Å². The highest BCUT2D eigenvalue weighted by molar-refractivity contribution is 6.31. The van der Waals surface area contributed by atoms with E-state index in [-0.39, 0.29) is 5.91 Å². The molecule has 0 saturated heterocycles. The molecule has 1 aromatic carbocycles. The minimum atomic E-state index is -0.298. The first-order valence-electron chi connectivity index (χ1n) is 5.82. The van der Waals surface area contributed by atoms with Crippen LogP contribution in [0.25, 0.3) is 0 Å². The molecule has 0 aliphatic rings. The lowest BCUT2D eigenvalue weighted by molar-refractivity contribution is 0.102. The fraction of sp³-hybridized carbons (Fsp3) is 0.231. The van der Waals surface area contributed by atoms with Gasteiger partial charge in [-0.25, -0.2) is 0 Å². The highest BCUT2D eigenvalue weighted by Gasteiger charge is 2.12. The van der Waals surface area contributed by atoms with Crippen molar-refractivity contribution in [3.8, 4) is 5.75 Å². The van der Waals surface area contributed by atoms with Gasteiger partial charge in [0.05, 0.1) is 12.8 Å². The summed E-state index contributed by atoms with van der Waals surface area (Å²) in [6.45, 7) is 2.67. The molecule has 0 saturated carbocycles. The minimum absolute atomic E-state index is 0.298. The summed E-state index contributed by atoms with van der Waals surface area (Å²) in [7, 11) is 1.53. The third kappa shape index (κ3) is 3.06. The van der Waals surface area contributed by atoms with Crippen LogP contribution in [0, 0.1) is 0 Å². The Balaban J connectivity index is 2.20. The quantitative estimate of drug-likeness (QED) is 0.936. The van der Waals surface area contributed by atoms with Crippen LogP contribution < -0.4 is 10.1 Å². The van der Waals surface area contributed by atoms with Crippen LogP contribution >= 0.6 is 11.6 Å². The summed E-state index contributed by atoms with van der Waals surface area (Å²) in [5.41, 5.74) is 0.870. The maximum absolute atomic E-state index is 12.0. The van der Waals surface area contributed by atoms with E-state index in [9.17, 15) is 4.79 Å². The Labute approximate surface area is 116 Å². The largest absolute Gasteiger partial charge is 0.495 e. The van der Waals surface area contributed by atoms with Crippen LogP contribution in [0.5, 0.6) is 5.75 Å². The van der Waals surface area contributed by atoms with Gasteiger partial charge in [-0.2, -0.15) is 5.10 Å². The number of methoxy groups -OCH3 is 1. The molecule has 2 aromatic rings. The number of carbonyl (C=O) groups excluding carboxylic acids is 1. The van der Waals surface area contributed by atoms with Crippen LogP contribution in [0.2, 0.25) is 5.02 Å². The Bertz CT molecular complexity index is 595. The molecular weight excluding hydrogens is 266 g/mol. The molecule has 0 aliphatic carbocycles. The maximum atomic E-state index is 12.0. The number of carbonyl (C=O) groups is 1. The number of anilines is 1. The average Bonchev–Trinajstić information content (AvgIpc) is 2.88. The summed E-state index contributed by atoms with van der Waals surface area (Å²) in [4.78, 5) is 12.0. The number of nitrogens with one attached hydrogen (secondary N) is 1. The highest BCUT2D eigenvalue weighted by Crippen LogP contribution is 2.27. The van der Waals surface area contributed by atoms with Crippen molar-refractivity contribution in [1.82, 2.24) is 9.78 Å². The zero-order valence-corrected chi connectivity index (χ0v) is 11.4. The van der Waals surface area contributed by atoms with E-state index in [1.54, 1.807) is 35.1 Å². The van der Waals surface area contributed by atoms with E-state index in [1.807, 2.05) is 6.92 Å². The van der Waals surface area contributed by atoms with Crippen molar-refractivity contribution in [2.24, 2.45) is 0 Å². The summed E-state index contributed by atoms with van der Waals surface area (Å²) >= 11 is 5.90. The molecule has 5 nitrogen and oxygen atoms in total. The van der Waals surface area contributed by atoms with Crippen molar-refractivity contribution < 1.29 is 9.53 Å². The molecule has 1 amide bonds. The van der Waals surface area contributed by atoms with Gasteiger partial charge < -0.3 is 10.1 Å². The van der Waals surface area contributed by atoms with E-state index < -0.39 is 0 Å². The van der Waals surface area contributed by atoms with Crippen molar-refractivity contribution >= 4 is 23.2 Å². The topological polar surface area (TPSA) is 56.2 Å². The molecular formula is C13H14ClN3O2. The monoisotopic (exact) mass is 279 g/mol. The molecule has 100 valence electrons. The van der Waals surface area contributed by atoms with E-state index in [2.05, 4.69) is 10.4 Å². The third-order valence-electron chi connectivity index (χ3n) is 2.61. The molecule has 19 heavy (non-hydrogen) atoms. The van der Waals surface area contributed by atoms with Gasteiger partial charge in [-0.05, 0) is 31.2 Å². The lowest BCUT2D eigenvalue weighted by Gasteiger charge is -2.09. The Kier molecular flexibility index (Phi) is 4.06. The first-order valence-corrected chi connectivity index (χ1v) is 6.20. The second kappa shape index (κ2) is 5.75. The molecule has 2 rings (SSSR count). The zero-order chi connectivity index (χ0) is 13.8. The molecule has 1 N–H and O–H groups in total. The summed E-state index contributed by atoms with van der Waals surface area (Å²) in [5, 5.41) is 7.39. The van der Waals surface area contributed by atoms with E-state index in [4.69, 9.17) is 16.3 Å². The van der Waals surface area contributed by atoms with Gasteiger partial charge in [0, 0.05) is 17.8 Å². The van der Waals surface area contributed by atoms with Gasteiger partial charge in [0.15, 0.2) is 5.69 Å². The molecule has 0 radical (unpaired) electrons. The third-order valence-corrected chi connectivity index (χ3v) is 2.84. The number of halogens is 1. The number of amides is 1. The summed E-state index contributed by atoms with van der Waals surface area (Å²) in [5.74, 6) is 0.250. The van der Waals surface area contributed by atoms with Gasteiger partial charge >= 0.3 is 0 Å². The second-order valence-electron chi connectivity index (χ2n) is 3.86. The number of ether oxygens (including phenoxy) is 1. The second-order valence-corrected chi connectivity index (χ2v) is 4.29. The minimum Gasteiger partial charge on any atom is -0.495 e. The van der Waals surface area contributed by atoms with Crippen molar-refractivity contribution in [2.45, 2.75) is 13.5 Å². The van der Waals surface area contributed by atoms with E-state index >= 15 is 0 Å². The fourth-order valence-corrected chi connectivity index (χ4v) is 1.80. The Morgan fingerprint density at radius 1 is 1.47 bits per heavy atom. The number of aromatic nitrogens is 2. The Morgan fingerprint density at radius 2 is 2.26 bits per heavy atom. The Hall–Kier alpha value is -2.01. The van der Waals surface area contributed by atoms with Gasteiger partial charge in [0.2, 0.25) is 0 Å². The Morgan fingerprint density at radius 3 is 2.89 bits per heavy atom. The van der Waals surface area contributed by atoms with Crippen LogP contribution in [0.15, 0.2) is 30.5 Å².